The first-order valence-corrected chi connectivity index (χ1v) is 10.0. The number of piperazine rings is 1. The topological polar surface area (TPSA) is 111 Å². The summed E-state index contributed by atoms with van der Waals surface area (Å²) in [6.45, 7) is 5.23. The van der Waals surface area contributed by atoms with Crippen LogP contribution in [0.5, 0.6) is 0 Å². The summed E-state index contributed by atoms with van der Waals surface area (Å²) in [7, 11) is 0. The number of hydrogen-bond acceptors (Lipinski definition) is 7. The molecule has 1 aromatic rings. The highest BCUT2D eigenvalue weighted by Crippen LogP contribution is 2.14. The number of hydrogen-bond donors (Lipinski definition) is 2. The summed E-state index contributed by atoms with van der Waals surface area (Å²) in [6.07, 6.45) is 6.59. The molecule has 3 fully saturated rings. The predicted molar refractivity (Wildman–Crippen MR) is 106 cm³/mol. The first-order chi connectivity index (χ1) is 14.1. The normalized spacial score (nSPS) is 22.0. The van der Waals surface area contributed by atoms with Gasteiger partial charge in [0, 0.05) is 45.5 Å². The molecule has 10 nitrogen and oxygen atoms in total. The third-order valence-corrected chi connectivity index (χ3v) is 5.40. The van der Waals surface area contributed by atoms with Crippen molar-refractivity contribution in [2.24, 2.45) is 0 Å². The van der Waals surface area contributed by atoms with Crippen LogP contribution < -0.4 is 15.5 Å². The summed E-state index contributed by atoms with van der Waals surface area (Å²) in [6, 6.07) is 1.15. The van der Waals surface area contributed by atoms with E-state index in [2.05, 4.69) is 30.4 Å². The van der Waals surface area contributed by atoms with E-state index < -0.39 is 11.9 Å². The van der Waals surface area contributed by atoms with Crippen molar-refractivity contribution in [3.8, 4) is 0 Å². The Morgan fingerprint density at radius 1 is 1.03 bits per heavy atom. The second kappa shape index (κ2) is 8.56. The monoisotopic (exact) mass is 399 g/mol. The van der Waals surface area contributed by atoms with Crippen LogP contribution in [0.4, 0.5) is 10.7 Å². The van der Waals surface area contributed by atoms with Gasteiger partial charge < -0.3 is 15.1 Å². The van der Waals surface area contributed by atoms with Gasteiger partial charge in [0.15, 0.2) is 0 Å². The Kier molecular flexibility index (Phi) is 5.70. The number of anilines is 1. The third kappa shape index (κ3) is 4.70. The highest BCUT2D eigenvalue weighted by molar-refractivity contribution is 6.13. The Morgan fingerprint density at radius 3 is 2.48 bits per heavy atom. The third-order valence-electron chi connectivity index (χ3n) is 5.40. The van der Waals surface area contributed by atoms with E-state index in [1.807, 2.05) is 4.90 Å². The fourth-order valence-electron chi connectivity index (χ4n) is 3.77. The molecule has 2 N–H and O–H groups in total. The number of nitrogens with zero attached hydrogens (tertiary/aromatic N) is 5. The summed E-state index contributed by atoms with van der Waals surface area (Å²) in [5, 5.41) is 4.61. The summed E-state index contributed by atoms with van der Waals surface area (Å²) < 4.78 is 0. The molecule has 4 heterocycles. The van der Waals surface area contributed by atoms with Crippen LogP contribution in [0.3, 0.4) is 0 Å². The zero-order chi connectivity index (χ0) is 20.2. The molecule has 0 bridgehead atoms. The number of rotatable bonds is 4. The van der Waals surface area contributed by atoms with E-state index in [1.165, 1.54) is 12.5 Å². The molecule has 0 aliphatic carbocycles. The average molecular weight is 399 g/mol. The number of likely N-dealkylation sites (tertiary alicyclic amines) is 1. The molecule has 154 valence electrons. The first kappa shape index (κ1) is 19.3. The number of piperidine rings is 1. The molecule has 1 aromatic heterocycles. The van der Waals surface area contributed by atoms with Gasteiger partial charge in [0.2, 0.25) is 11.9 Å². The second-order valence-corrected chi connectivity index (χ2v) is 7.45. The van der Waals surface area contributed by atoms with E-state index in [0.29, 0.717) is 18.2 Å². The minimum Gasteiger partial charge on any atom is -0.342 e. The van der Waals surface area contributed by atoms with Crippen LogP contribution in [0.1, 0.15) is 25.0 Å². The fraction of sp³-hybridized carbons (Fsp3) is 0.526. The van der Waals surface area contributed by atoms with Crippen LogP contribution in [0.2, 0.25) is 0 Å². The Morgan fingerprint density at radius 2 is 1.79 bits per heavy atom. The lowest BCUT2D eigenvalue weighted by Crippen LogP contribution is -2.51. The lowest BCUT2D eigenvalue weighted by molar-refractivity contribution is -0.133. The Bertz CT molecular complexity index is 827. The van der Waals surface area contributed by atoms with Gasteiger partial charge in [-0.25, -0.2) is 14.8 Å². The number of carbonyl (C=O) groups is 3. The number of amides is 4. The van der Waals surface area contributed by atoms with Crippen molar-refractivity contribution < 1.29 is 14.4 Å². The van der Waals surface area contributed by atoms with Crippen LogP contribution in [0.25, 0.3) is 6.08 Å². The zero-order valence-corrected chi connectivity index (χ0v) is 16.3. The van der Waals surface area contributed by atoms with E-state index in [4.69, 9.17) is 0 Å². The Balaban J connectivity index is 1.33. The minimum atomic E-state index is -0.536. The van der Waals surface area contributed by atoms with E-state index in [0.717, 1.165) is 52.1 Å². The van der Waals surface area contributed by atoms with Crippen LogP contribution in [0.15, 0.2) is 18.0 Å². The molecule has 3 aliphatic rings. The van der Waals surface area contributed by atoms with Crippen LogP contribution >= 0.6 is 0 Å². The minimum absolute atomic E-state index is 0.167. The van der Waals surface area contributed by atoms with Crippen LogP contribution in [0, 0.1) is 0 Å². The molecule has 3 aliphatic heterocycles. The standard InChI is InChI=1S/C19H25N7O3/c27-16(25-6-2-1-3-7-25)13-24-8-10-26(11-9-24)18-20-5-4-14(21-18)12-15-17(28)23-19(29)22-15/h4-5,12H,1-3,6-11,13H2,(H2,22,23,28,29)/b15-12-. The molecule has 0 unspecified atom stereocenters. The highest BCUT2D eigenvalue weighted by Gasteiger charge is 2.25. The Labute approximate surface area is 169 Å². The SMILES string of the molecule is O=C1NC(=O)/C(=C/c2ccnc(N3CCN(CC(=O)N4CCCCC4)CC3)n2)N1. The van der Waals surface area contributed by atoms with Crippen molar-refractivity contribution in [3.63, 3.8) is 0 Å². The molecular formula is C19H25N7O3. The van der Waals surface area contributed by atoms with Crippen LogP contribution in [-0.4, -0.2) is 83.4 Å². The summed E-state index contributed by atoms with van der Waals surface area (Å²) >= 11 is 0. The first-order valence-electron chi connectivity index (χ1n) is 10.0. The van der Waals surface area contributed by atoms with Crippen molar-refractivity contribution in [2.75, 3.05) is 50.7 Å². The maximum absolute atomic E-state index is 12.5. The largest absolute Gasteiger partial charge is 0.342 e. The number of carbonyl (C=O) groups excluding carboxylic acids is 3. The van der Waals surface area contributed by atoms with Gasteiger partial charge >= 0.3 is 6.03 Å². The molecule has 0 atom stereocenters. The quantitative estimate of drug-likeness (QED) is 0.532. The van der Waals surface area contributed by atoms with Gasteiger partial charge in [-0.15, -0.1) is 0 Å². The maximum Gasteiger partial charge on any atom is 0.326 e. The molecule has 4 rings (SSSR count). The van der Waals surface area contributed by atoms with E-state index in [-0.39, 0.29) is 11.6 Å². The molecule has 0 aromatic carbocycles. The smallest absolute Gasteiger partial charge is 0.326 e. The van der Waals surface area contributed by atoms with Gasteiger partial charge in [0.1, 0.15) is 5.70 Å². The van der Waals surface area contributed by atoms with Crippen molar-refractivity contribution >= 4 is 29.9 Å². The fourth-order valence-corrected chi connectivity index (χ4v) is 3.77. The molecule has 29 heavy (non-hydrogen) atoms. The van der Waals surface area contributed by atoms with Gasteiger partial charge in [0.05, 0.1) is 12.2 Å². The van der Waals surface area contributed by atoms with Gasteiger partial charge in [-0.05, 0) is 31.4 Å². The molecule has 0 spiro atoms. The number of imide groups is 1. The maximum atomic E-state index is 12.5. The van der Waals surface area contributed by atoms with Gasteiger partial charge in [-0.2, -0.15) is 0 Å². The van der Waals surface area contributed by atoms with Crippen molar-refractivity contribution in [2.45, 2.75) is 19.3 Å². The second-order valence-electron chi connectivity index (χ2n) is 7.45. The Hall–Kier alpha value is -3.01. The van der Waals surface area contributed by atoms with E-state index >= 15 is 0 Å². The van der Waals surface area contributed by atoms with Gasteiger partial charge in [-0.3, -0.25) is 19.8 Å². The molecule has 0 saturated carbocycles. The lowest BCUT2D eigenvalue weighted by atomic mass is 10.1. The van der Waals surface area contributed by atoms with Crippen molar-refractivity contribution in [1.29, 1.82) is 0 Å². The van der Waals surface area contributed by atoms with Gasteiger partial charge in [-0.1, -0.05) is 0 Å². The highest BCUT2D eigenvalue weighted by atomic mass is 16.2. The molecule has 10 heteroatoms. The number of nitrogens with one attached hydrogen (secondary N) is 2. The number of aromatic nitrogens is 2. The molecular weight excluding hydrogens is 374 g/mol. The molecule has 4 amide bonds. The lowest BCUT2D eigenvalue weighted by Gasteiger charge is -2.36. The summed E-state index contributed by atoms with van der Waals surface area (Å²) in [5.41, 5.74) is 0.714. The zero-order valence-electron chi connectivity index (χ0n) is 16.3. The average Bonchev–Trinajstić information content (AvgIpc) is 3.06. The summed E-state index contributed by atoms with van der Waals surface area (Å²) in [5.74, 6) is 0.327. The van der Waals surface area contributed by atoms with Gasteiger partial charge in [0.25, 0.3) is 5.91 Å². The summed E-state index contributed by atoms with van der Waals surface area (Å²) in [4.78, 5) is 50.4. The van der Waals surface area contributed by atoms with Crippen molar-refractivity contribution in [1.82, 2.24) is 30.4 Å². The molecule has 0 radical (unpaired) electrons. The van der Waals surface area contributed by atoms with E-state index in [1.54, 1.807) is 12.3 Å². The van der Waals surface area contributed by atoms with Crippen molar-refractivity contribution in [3.05, 3.63) is 23.7 Å². The number of urea groups is 1. The van der Waals surface area contributed by atoms with E-state index in [9.17, 15) is 14.4 Å². The predicted octanol–water partition coefficient (Wildman–Crippen LogP) is -0.209. The van der Waals surface area contributed by atoms with Crippen LogP contribution in [-0.2, 0) is 9.59 Å². The molecule has 3 saturated heterocycles.